The minimum absolute atomic E-state index is 0.615. The molecule has 0 spiro atoms. The highest BCUT2D eigenvalue weighted by Gasteiger charge is 2.53. The van der Waals surface area contributed by atoms with Crippen molar-refractivity contribution in [2.75, 3.05) is 24.5 Å². The second kappa shape index (κ2) is 4.70. The molecule has 0 radical (unpaired) electrons. The number of nitrogens with zero attached hydrogens (tertiary/aromatic N) is 3. The molecule has 5 rings (SSSR count). The number of aromatic amines is 1. The number of hydrogen-bond acceptors (Lipinski definition) is 4. The molecule has 0 amide bonds. The minimum atomic E-state index is 0.615. The molecule has 4 unspecified atom stereocenters. The van der Waals surface area contributed by atoms with Crippen molar-refractivity contribution in [2.45, 2.75) is 50.5 Å². The summed E-state index contributed by atoms with van der Waals surface area (Å²) in [6.45, 7) is 3.39. The Morgan fingerprint density at radius 2 is 1.86 bits per heavy atom. The van der Waals surface area contributed by atoms with Crippen LogP contribution >= 0.6 is 0 Å². The van der Waals surface area contributed by atoms with Gasteiger partial charge in [0.2, 0.25) is 5.95 Å². The standard InChI is InChI=1S/C16H25N5/c1-2-6-12-11(5-1)14(12)15-18-16(20-19-15)21-7-3-4-10-8-17-9-13(10)21/h10-14,17H,1-9H2,(H,18,19,20). The summed E-state index contributed by atoms with van der Waals surface area (Å²) in [6.07, 6.45) is 8.29. The van der Waals surface area contributed by atoms with Crippen LogP contribution in [0.25, 0.3) is 0 Å². The summed E-state index contributed by atoms with van der Waals surface area (Å²) < 4.78 is 0. The van der Waals surface area contributed by atoms with E-state index in [1.165, 1.54) is 50.9 Å². The summed E-state index contributed by atoms with van der Waals surface area (Å²) in [5.41, 5.74) is 0. The Balaban J connectivity index is 1.36. The van der Waals surface area contributed by atoms with Crippen LogP contribution in [0, 0.1) is 17.8 Å². The summed E-state index contributed by atoms with van der Waals surface area (Å²) >= 11 is 0. The molecular weight excluding hydrogens is 262 g/mol. The Bertz CT molecular complexity index is 514. The topological polar surface area (TPSA) is 56.8 Å². The average Bonchev–Trinajstić information content (AvgIpc) is 2.91. The highest BCUT2D eigenvalue weighted by Crippen LogP contribution is 2.60. The number of fused-ring (bicyclic) bond motifs is 2. The van der Waals surface area contributed by atoms with Crippen molar-refractivity contribution in [3.63, 3.8) is 0 Å². The van der Waals surface area contributed by atoms with E-state index in [0.717, 1.165) is 36.8 Å². The molecule has 5 nitrogen and oxygen atoms in total. The molecular formula is C16H25N5. The maximum absolute atomic E-state index is 4.91. The summed E-state index contributed by atoms with van der Waals surface area (Å²) in [5.74, 6) is 5.44. The molecule has 2 aliphatic carbocycles. The van der Waals surface area contributed by atoms with E-state index in [1.54, 1.807) is 0 Å². The SMILES string of the molecule is C1CCC2C(C1)C2c1nc(N2CCCC3CNCC32)n[nH]1. The molecule has 3 heterocycles. The van der Waals surface area contributed by atoms with Crippen LogP contribution in [0.1, 0.15) is 50.3 Å². The van der Waals surface area contributed by atoms with Crippen molar-refractivity contribution in [1.29, 1.82) is 0 Å². The Kier molecular flexibility index (Phi) is 2.78. The summed E-state index contributed by atoms with van der Waals surface area (Å²) in [6, 6.07) is 0.615. The molecule has 0 aromatic carbocycles. The van der Waals surface area contributed by atoms with Crippen LogP contribution in [0.4, 0.5) is 5.95 Å². The van der Waals surface area contributed by atoms with Gasteiger partial charge in [0, 0.05) is 31.6 Å². The third-order valence-corrected chi connectivity index (χ3v) is 6.40. The van der Waals surface area contributed by atoms with Gasteiger partial charge in [-0.2, -0.15) is 4.98 Å². The maximum atomic E-state index is 4.91. The lowest BCUT2D eigenvalue weighted by Gasteiger charge is -2.36. The quantitative estimate of drug-likeness (QED) is 0.872. The fourth-order valence-electron chi connectivity index (χ4n) is 5.26. The van der Waals surface area contributed by atoms with Gasteiger partial charge in [-0.1, -0.05) is 12.8 Å². The average molecular weight is 287 g/mol. The molecule has 1 aromatic heterocycles. The lowest BCUT2D eigenvalue weighted by molar-refractivity contribution is 0.381. The van der Waals surface area contributed by atoms with Gasteiger partial charge in [-0.25, -0.2) is 0 Å². The van der Waals surface area contributed by atoms with Crippen LogP contribution in [0.3, 0.4) is 0 Å². The summed E-state index contributed by atoms with van der Waals surface area (Å²) in [7, 11) is 0. The van der Waals surface area contributed by atoms with E-state index >= 15 is 0 Å². The van der Waals surface area contributed by atoms with Crippen LogP contribution in [0.5, 0.6) is 0 Å². The van der Waals surface area contributed by atoms with Gasteiger partial charge in [-0.05, 0) is 43.4 Å². The molecule has 4 atom stereocenters. The van der Waals surface area contributed by atoms with Crippen molar-refractivity contribution in [3.8, 4) is 0 Å². The van der Waals surface area contributed by atoms with Gasteiger partial charge in [0.1, 0.15) is 5.82 Å². The molecule has 1 aromatic rings. The predicted octanol–water partition coefficient (Wildman–Crippen LogP) is 1.90. The number of anilines is 1. The monoisotopic (exact) mass is 287 g/mol. The molecule has 4 aliphatic rings. The second-order valence-electron chi connectivity index (χ2n) is 7.48. The zero-order chi connectivity index (χ0) is 13.8. The van der Waals surface area contributed by atoms with E-state index in [4.69, 9.17) is 4.98 Å². The van der Waals surface area contributed by atoms with Crippen LogP contribution in [-0.2, 0) is 0 Å². The molecule has 114 valence electrons. The first kappa shape index (κ1) is 12.4. The zero-order valence-corrected chi connectivity index (χ0v) is 12.6. The molecule has 4 fully saturated rings. The number of hydrogen-bond donors (Lipinski definition) is 2. The van der Waals surface area contributed by atoms with E-state index in [9.17, 15) is 0 Å². The first-order chi connectivity index (χ1) is 10.4. The van der Waals surface area contributed by atoms with Crippen molar-refractivity contribution < 1.29 is 0 Å². The molecule has 2 saturated heterocycles. The lowest BCUT2D eigenvalue weighted by atomic mass is 9.92. The fraction of sp³-hybridized carbons (Fsp3) is 0.875. The largest absolute Gasteiger partial charge is 0.335 e. The molecule has 5 heteroatoms. The first-order valence-electron chi connectivity index (χ1n) is 8.81. The number of rotatable bonds is 2. The number of aromatic nitrogens is 3. The smallest absolute Gasteiger partial charge is 0.245 e. The Labute approximate surface area is 125 Å². The van der Waals surface area contributed by atoms with Crippen molar-refractivity contribution in [2.24, 2.45) is 17.8 Å². The van der Waals surface area contributed by atoms with Gasteiger partial charge in [-0.15, -0.1) is 5.10 Å². The van der Waals surface area contributed by atoms with E-state index in [0.29, 0.717) is 12.0 Å². The zero-order valence-electron chi connectivity index (χ0n) is 12.6. The van der Waals surface area contributed by atoms with Crippen LogP contribution in [0.2, 0.25) is 0 Å². The van der Waals surface area contributed by atoms with Gasteiger partial charge in [0.05, 0.1) is 0 Å². The van der Waals surface area contributed by atoms with E-state index in [-0.39, 0.29) is 0 Å². The number of H-pyrrole nitrogens is 1. The Morgan fingerprint density at radius 1 is 1.00 bits per heavy atom. The van der Waals surface area contributed by atoms with E-state index < -0.39 is 0 Å². The van der Waals surface area contributed by atoms with Crippen molar-refractivity contribution >= 4 is 5.95 Å². The predicted molar refractivity (Wildman–Crippen MR) is 81.3 cm³/mol. The van der Waals surface area contributed by atoms with E-state index in [1.807, 2.05) is 0 Å². The third-order valence-electron chi connectivity index (χ3n) is 6.40. The molecule has 2 N–H and O–H groups in total. The van der Waals surface area contributed by atoms with Crippen LogP contribution in [0.15, 0.2) is 0 Å². The fourth-order valence-corrected chi connectivity index (χ4v) is 5.26. The Morgan fingerprint density at radius 3 is 2.71 bits per heavy atom. The first-order valence-corrected chi connectivity index (χ1v) is 8.81. The van der Waals surface area contributed by atoms with Crippen molar-refractivity contribution in [1.82, 2.24) is 20.5 Å². The van der Waals surface area contributed by atoms with Crippen molar-refractivity contribution in [3.05, 3.63) is 5.82 Å². The molecule has 21 heavy (non-hydrogen) atoms. The van der Waals surface area contributed by atoms with Gasteiger partial charge < -0.3 is 10.2 Å². The minimum Gasteiger partial charge on any atom is -0.335 e. The highest BCUT2D eigenvalue weighted by molar-refractivity contribution is 5.35. The van der Waals surface area contributed by atoms with Gasteiger partial charge in [0.15, 0.2) is 0 Å². The second-order valence-corrected chi connectivity index (χ2v) is 7.48. The lowest BCUT2D eigenvalue weighted by Crippen LogP contribution is -2.45. The number of nitrogens with one attached hydrogen (secondary N) is 2. The molecule has 2 aliphatic heterocycles. The Hall–Kier alpha value is -1.10. The van der Waals surface area contributed by atoms with Crippen LogP contribution in [-0.4, -0.2) is 40.9 Å². The maximum Gasteiger partial charge on any atom is 0.245 e. The van der Waals surface area contributed by atoms with Crippen LogP contribution < -0.4 is 10.2 Å². The molecule has 2 saturated carbocycles. The number of piperidine rings is 1. The molecule has 0 bridgehead atoms. The summed E-state index contributed by atoms with van der Waals surface area (Å²) in [4.78, 5) is 7.37. The normalized spacial score (nSPS) is 41.7. The van der Waals surface area contributed by atoms with Gasteiger partial charge >= 0.3 is 0 Å². The highest BCUT2D eigenvalue weighted by atomic mass is 15.4. The van der Waals surface area contributed by atoms with E-state index in [2.05, 4.69) is 20.4 Å². The third kappa shape index (κ3) is 1.93. The summed E-state index contributed by atoms with van der Waals surface area (Å²) in [5, 5.41) is 11.4. The van der Waals surface area contributed by atoms with Gasteiger partial charge in [0.25, 0.3) is 0 Å². The van der Waals surface area contributed by atoms with Gasteiger partial charge in [-0.3, -0.25) is 5.10 Å².